The minimum Gasteiger partial charge on any atom is -0.339 e. The highest BCUT2D eigenvalue weighted by molar-refractivity contribution is 5.48. The minimum atomic E-state index is 0.0313. The lowest BCUT2D eigenvalue weighted by Crippen LogP contribution is -2.25. The molecule has 0 aliphatic heterocycles. The lowest BCUT2D eigenvalue weighted by molar-refractivity contribution is 0.340. The molecular formula is C13H18N4O. The van der Waals surface area contributed by atoms with E-state index >= 15 is 0 Å². The van der Waals surface area contributed by atoms with Crippen molar-refractivity contribution in [3.05, 3.63) is 29.8 Å². The van der Waals surface area contributed by atoms with E-state index in [4.69, 9.17) is 10.3 Å². The van der Waals surface area contributed by atoms with Gasteiger partial charge < -0.3 is 10.3 Å². The Balaban J connectivity index is 2.25. The van der Waals surface area contributed by atoms with Crippen molar-refractivity contribution in [1.29, 1.82) is 0 Å². The maximum Gasteiger partial charge on any atom is 0.231 e. The van der Waals surface area contributed by atoms with Crippen LogP contribution in [0.1, 0.15) is 37.8 Å². The Morgan fingerprint density at radius 2 is 2.11 bits per heavy atom. The van der Waals surface area contributed by atoms with Gasteiger partial charge in [0, 0.05) is 11.7 Å². The van der Waals surface area contributed by atoms with E-state index < -0.39 is 0 Å². The van der Waals surface area contributed by atoms with Gasteiger partial charge in [-0.2, -0.15) is 4.98 Å². The van der Waals surface area contributed by atoms with Crippen LogP contribution in [0.4, 0.5) is 0 Å². The highest BCUT2D eigenvalue weighted by atomic mass is 16.5. The first-order valence-corrected chi connectivity index (χ1v) is 6.15. The summed E-state index contributed by atoms with van der Waals surface area (Å²) in [5, 5.41) is 3.96. The molecule has 0 aliphatic rings. The lowest BCUT2D eigenvalue weighted by Gasteiger charge is -2.13. The Hall–Kier alpha value is -1.75. The van der Waals surface area contributed by atoms with Crippen molar-refractivity contribution < 1.29 is 4.52 Å². The molecule has 5 heteroatoms. The van der Waals surface area contributed by atoms with E-state index in [0.717, 1.165) is 17.8 Å². The number of nitrogens with zero attached hydrogens (tertiary/aromatic N) is 3. The molecule has 2 N–H and O–H groups in total. The highest BCUT2D eigenvalue weighted by Gasteiger charge is 2.20. The van der Waals surface area contributed by atoms with Crippen molar-refractivity contribution in [2.45, 2.75) is 39.2 Å². The van der Waals surface area contributed by atoms with E-state index in [-0.39, 0.29) is 12.0 Å². The Morgan fingerprint density at radius 3 is 2.78 bits per heavy atom. The second kappa shape index (κ2) is 5.27. The zero-order chi connectivity index (χ0) is 13.1. The van der Waals surface area contributed by atoms with Crippen LogP contribution in [0.25, 0.3) is 11.5 Å². The molecule has 2 unspecified atom stereocenters. The first-order chi connectivity index (χ1) is 8.61. The van der Waals surface area contributed by atoms with Crippen LogP contribution < -0.4 is 5.73 Å². The molecule has 0 bridgehead atoms. The van der Waals surface area contributed by atoms with Gasteiger partial charge in [0.15, 0.2) is 0 Å². The summed E-state index contributed by atoms with van der Waals surface area (Å²) < 4.78 is 5.26. The maximum atomic E-state index is 5.98. The summed E-state index contributed by atoms with van der Waals surface area (Å²) in [5.41, 5.74) is 7.63. The van der Waals surface area contributed by atoms with E-state index in [0.29, 0.717) is 11.7 Å². The number of aromatic nitrogens is 3. The van der Waals surface area contributed by atoms with E-state index in [1.807, 2.05) is 39.0 Å². The molecular weight excluding hydrogens is 228 g/mol. The first-order valence-electron chi connectivity index (χ1n) is 6.15. The van der Waals surface area contributed by atoms with E-state index in [9.17, 15) is 0 Å². The Labute approximate surface area is 106 Å². The molecule has 0 saturated carbocycles. The normalized spacial score (nSPS) is 14.4. The zero-order valence-corrected chi connectivity index (χ0v) is 10.9. The Morgan fingerprint density at radius 1 is 1.33 bits per heavy atom. The van der Waals surface area contributed by atoms with Gasteiger partial charge >= 0.3 is 0 Å². The summed E-state index contributed by atoms with van der Waals surface area (Å²) in [6.45, 7) is 5.97. The summed E-state index contributed by atoms with van der Waals surface area (Å²) >= 11 is 0. The van der Waals surface area contributed by atoms with Gasteiger partial charge in [-0.15, -0.1) is 0 Å². The summed E-state index contributed by atoms with van der Waals surface area (Å²) in [5.74, 6) is 1.15. The molecule has 2 aromatic rings. The third-order valence-electron chi connectivity index (χ3n) is 3.06. The average molecular weight is 246 g/mol. The number of hydrogen-bond donors (Lipinski definition) is 1. The fourth-order valence-corrected chi connectivity index (χ4v) is 1.73. The van der Waals surface area contributed by atoms with Crippen LogP contribution >= 0.6 is 0 Å². The van der Waals surface area contributed by atoms with Gasteiger partial charge in [-0.05, 0) is 25.5 Å². The highest BCUT2D eigenvalue weighted by Crippen LogP contribution is 2.21. The van der Waals surface area contributed by atoms with Crippen LogP contribution in [0.5, 0.6) is 0 Å². The van der Waals surface area contributed by atoms with Crippen molar-refractivity contribution in [2.75, 3.05) is 0 Å². The second-order valence-corrected chi connectivity index (χ2v) is 4.48. The molecule has 0 amide bonds. The number of aryl methyl sites for hydroxylation is 1. The van der Waals surface area contributed by atoms with Crippen LogP contribution in [0.3, 0.4) is 0 Å². The summed E-state index contributed by atoms with van der Waals surface area (Å²) in [6, 6.07) is 5.75. The average Bonchev–Trinajstić information content (AvgIpc) is 2.86. The molecule has 0 aliphatic carbocycles. The molecule has 0 fully saturated rings. The van der Waals surface area contributed by atoms with Crippen molar-refractivity contribution in [1.82, 2.24) is 15.1 Å². The van der Waals surface area contributed by atoms with Gasteiger partial charge in [-0.3, -0.25) is 0 Å². The first kappa shape index (κ1) is 12.7. The molecule has 2 heterocycles. The predicted molar refractivity (Wildman–Crippen MR) is 68.9 cm³/mol. The zero-order valence-electron chi connectivity index (χ0n) is 10.9. The SMILES string of the molecule is CCC(N)C(C)c1nc(-c2cccc(C)n2)no1. The molecule has 0 spiro atoms. The molecule has 2 rings (SSSR count). The molecule has 18 heavy (non-hydrogen) atoms. The minimum absolute atomic E-state index is 0.0313. The lowest BCUT2D eigenvalue weighted by atomic mass is 10.0. The summed E-state index contributed by atoms with van der Waals surface area (Å²) in [4.78, 5) is 8.74. The quantitative estimate of drug-likeness (QED) is 0.895. The van der Waals surface area contributed by atoms with Gasteiger partial charge in [0.25, 0.3) is 0 Å². The predicted octanol–water partition coefficient (Wildman–Crippen LogP) is 2.28. The smallest absolute Gasteiger partial charge is 0.231 e. The maximum absolute atomic E-state index is 5.98. The van der Waals surface area contributed by atoms with Gasteiger partial charge in [0.2, 0.25) is 11.7 Å². The molecule has 0 radical (unpaired) electrons. The number of hydrogen-bond acceptors (Lipinski definition) is 5. The van der Waals surface area contributed by atoms with Crippen molar-refractivity contribution in [3.63, 3.8) is 0 Å². The molecule has 5 nitrogen and oxygen atoms in total. The van der Waals surface area contributed by atoms with Crippen LogP contribution in [-0.4, -0.2) is 21.2 Å². The molecule has 0 aromatic carbocycles. The number of rotatable bonds is 4. The third kappa shape index (κ3) is 2.56. The molecule has 96 valence electrons. The third-order valence-corrected chi connectivity index (χ3v) is 3.06. The van der Waals surface area contributed by atoms with E-state index in [1.165, 1.54) is 0 Å². The van der Waals surface area contributed by atoms with Crippen LogP contribution in [-0.2, 0) is 0 Å². The summed E-state index contributed by atoms with van der Waals surface area (Å²) in [6.07, 6.45) is 0.877. The van der Waals surface area contributed by atoms with Gasteiger partial charge in [0.05, 0.1) is 5.92 Å². The summed E-state index contributed by atoms with van der Waals surface area (Å²) in [7, 11) is 0. The van der Waals surface area contributed by atoms with Crippen LogP contribution in [0.15, 0.2) is 22.7 Å². The van der Waals surface area contributed by atoms with Crippen LogP contribution in [0, 0.1) is 6.92 Å². The van der Waals surface area contributed by atoms with Crippen LogP contribution in [0.2, 0.25) is 0 Å². The van der Waals surface area contributed by atoms with Gasteiger partial charge in [0.1, 0.15) is 5.69 Å². The molecule has 2 aromatic heterocycles. The second-order valence-electron chi connectivity index (χ2n) is 4.48. The van der Waals surface area contributed by atoms with Crippen molar-refractivity contribution >= 4 is 0 Å². The largest absolute Gasteiger partial charge is 0.339 e. The fourth-order valence-electron chi connectivity index (χ4n) is 1.73. The van der Waals surface area contributed by atoms with E-state index in [2.05, 4.69) is 15.1 Å². The monoisotopic (exact) mass is 246 g/mol. The topological polar surface area (TPSA) is 77.8 Å². The Kier molecular flexibility index (Phi) is 3.72. The Bertz CT molecular complexity index is 523. The molecule has 0 saturated heterocycles. The molecule has 2 atom stereocenters. The standard InChI is InChI=1S/C13H18N4O/c1-4-10(14)9(3)13-16-12(17-18-13)11-7-5-6-8(2)15-11/h5-7,9-10H,4,14H2,1-3H3. The van der Waals surface area contributed by atoms with Gasteiger partial charge in [-0.25, -0.2) is 4.98 Å². The van der Waals surface area contributed by atoms with Crippen molar-refractivity contribution in [3.8, 4) is 11.5 Å². The fraction of sp³-hybridized carbons (Fsp3) is 0.462. The number of pyridine rings is 1. The van der Waals surface area contributed by atoms with Gasteiger partial charge in [-0.1, -0.05) is 25.1 Å². The number of nitrogens with two attached hydrogens (primary N) is 1. The van der Waals surface area contributed by atoms with E-state index in [1.54, 1.807) is 0 Å². The van der Waals surface area contributed by atoms with Crippen molar-refractivity contribution in [2.24, 2.45) is 5.73 Å².